The summed E-state index contributed by atoms with van der Waals surface area (Å²) in [5.41, 5.74) is 1.32. The summed E-state index contributed by atoms with van der Waals surface area (Å²) in [5.74, 6) is -0.245. The molecule has 0 N–H and O–H groups in total. The zero-order valence-corrected chi connectivity index (χ0v) is 19.0. The zero-order chi connectivity index (χ0) is 21.0. The number of halogens is 1. The Bertz CT molecular complexity index is 972. The van der Waals surface area contributed by atoms with Gasteiger partial charge in [-0.1, -0.05) is 30.2 Å². The molecule has 2 aromatic carbocycles. The Balaban J connectivity index is 1.81. The lowest BCUT2D eigenvalue weighted by molar-refractivity contribution is 0.0785. The second-order valence-electron chi connectivity index (χ2n) is 7.12. The van der Waals surface area contributed by atoms with Crippen LogP contribution in [-0.4, -0.2) is 49.9 Å². The Kier molecular flexibility index (Phi) is 7.27. The summed E-state index contributed by atoms with van der Waals surface area (Å²) in [6.45, 7) is 1.41. The third-order valence-electron chi connectivity index (χ3n) is 5.04. The van der Waals surface area contributed by atoms with Gasteiger partial charge in [-0.15, -0.1) is 11.8 Å². The second kappa shape index (κ2) is 9.51. The molecule has 156 valence electrons. The van der Waals surface area contributed by atoms with E-state index in [1.54, 1.807) is 29.8 Å². The first-order valence-electron chi connectivity index (χ1n) is 9.51. The van der Waals surface area contributed by atoms with Crippen LogP contribution in [-0.2, 0) is 16.6 Å². The largest absolute Gasteiger partial charge is 0.337 e. The molecule has 1 heterocycles. The number of hydrogen-bond donors (Lipinski definition) is 0. The van der Waals surface area contributed by atoms with Gasteiger partial charge in [0.05, 0.1) is 5.02 Å². The molecule has 5 nitrogen and oxygen atoms in total. The fourth-order valence-electron chi connectivity index (χ4n) is 3.38. The van der Waals surface area contributed by atoms with Crippen LogP contribution in [0.3, 0.4) is 0 Å². The molecule has 0 spiro atoms. The number of hydrogen-bond acceptors (Lipinski definition) is 4. The maximum absolute atomic E-state index is 13.0. The van der Waals surface area contributed by atoms with Gasteiger partial charge in [-0.3, -0.25) is 4.79 Å². The molecule has 1 aliphatic rings. The van der Waals surface area contributed by atoms with Crippen molar-refractivity contribution in [2.75, 3.05) is 26.4 Å². The van der Waals surface area contributed by atoms with Crippen LogP contribution in [0.15, 0.2) is 52.3 Å². The van der Waals surface area contributed by atoms with Gasteiger partial charge >= 0.3 is 0 Å². The van der Waals surface area contributed by atoms with Crippen LogP contribution in [0.25, 0.3) is 0 Å². The van der Waals surface area contributed by atoms with E-state index in [1.807, 2.05) is 30.5 Å². The van der Waals surface area contributed by atoms with Gasteiger partial charge in [-0.05, 0) is 55.0 Å². The molecule has 0 bridgehead atoms. The average molecular weight is 453 g/mol. The van der Waals surface area contributed by atoms with E-state index < -0.39 is 10.0 Å². The van der Waals surface area contributed by atoms with Crippen molar-refractivity contribution in [1.82, 2.24) is 9.21 Å². The van der Waals surface area contributed by atoms with Gasteiger partial charge in [0, 0.05) is 37.1 Å². The molecule has 2 aromatic rings. The van der Waals surface area contributed by atoms with E-state index in [-0.39, 0.29) is 15.8 Å². The summed E-state index contributed by atoms with van der Waals surface area (Å²) in [6, 6.07) is 12.5. The third kappa shape index (κ3) is 5.15. The number of carbonyl (C=O) groups is 1. The van der Waals surface area contributed by atoms with Gasteiger partial charge in [0.1, 0.15) is 4.90 Å². The van der Waals surface area contributed by atoms with Crippen molar-refractivity contribution in [3.05, 3.63) is 58.6 Å². The van der Waals surface area contributed by atoms with E-state index in [0.717, 1.165) is 29.7 Å². The number of rotatable bonds is 6. The number of amides is 1. The van der Waals surface area contributed by atoms with Crippen LogP contribution in [0.4, 0.5) is 0 Å². The molecule has 1 aliphatic heterocycles. The van der Waals surface area contributed by atoms with E-state index in [4.69, 9.17) is 11.6 Å². The maximum Gasteiger partial charge on any atom is 0.253 e. The minimum absolute atomic E-state index is 0.00430. The zero-order valence-electron chi connectivity index (χ0n) is 16.6. The van der Waals surface area contributed by atoms with Gasteiger partial charge in [0.2, 0.25) is 10.0 Å². The van der Waals surface area contributed by atoms with Crippen LogP contribution >= 0.6 is 23.4 Å². The summed E-state index contributed by atoms with van der Waals surface area (Å²) >= 11 is 7.87. The molecule has 8 heteroatoms. The van der Waals surface area contributed by atoms with Crippen LogP contribution in [0.2, 0.25) is 5.02 Å². The lowest BCUT2D eigenvalue weighted by Crippen LogP contribution is -2.36. The first-order chi connectivity index (χ1) is 13.8. The highest BCUT2D eigenvalue weighted by Gasteiger charge is 2.29. The first kappa shape index (κ1) is 22.2. The SMILES string of the molecule is CSc1ccc(CN(C)C(=O)c2ccc(Cl)c(S(=O)(=O)N3CCCCC3)c2)cc1. The molecular weight excluding hydrogens is 428 g/mol. The molecule has 1 saturated heterocycles. The van der Waals surface area contributed by atoms with E-state index in [1.165, 1.54) is 16.4 Å². The van der Waals surface area contributed by atoms with Crippen molar-refractivity contribution in [2.45, 2.75) is 35.6 Å². The monoisotopic (exact) mass is 452 g/mol. The molecule has 1 fully saturated rings. The maximum atomic E-state index is 13.0. The molecule has 0 aromatic heterocycles. The molecule has 29 heavy (non-hydrogen) atoms. The molecular formula is C21H25ClN2O3S2. The minimum atomic E-state index is -3.71. The summed E-state index contributed by atoms with van der Waals surface area (Å²) in [6.07, 6.45) is 4.72. The van der Waals surface area contributed by atoms with Crippen molar-refractivity contribution in [1.29, 1.82) is 0 Å². The number of thioether (sulfide) groups is 1. The van der Waals surface area contributed by atoms with Crippen molar-refractivity contribution >= 4 is 39.3 Å². The molecule has 0 saturated carbocycles. The topological polar surface area (TPSA) is 57.7 Å². The van der Waals surface area contributed by atoms with Crippen LogP contribution in [0.1, 0.15) is 35.2 Å². The van der Waals surface area contributed by atoms with Crippen molar-refractivity contribution in [2.24, 2.45) is 0 Å². The van der Waals surface area contributed by atoms with Crippen molar-refractivity contribution in [3.63, 3.8) is 0 Å². The standard InChI is InChI=1S/C21H25ClN2O3S2/c1-23(15-16-6-9-18(28-2)10-7-16)21(25)17-8-11-19(22)20(14-17)29(26,27)24-12-4-3-5-13-24/h6-11,14H,3-5,12-13,15H2,1-2H3. The second-order valence-corrected chi connectivity index (χ2v) is 10.3. The molecule has 0 aliphatic carbocycles. The fourth-order valence-corrected chi connectivity index (χ4v) is 5.80. The Morgan fingerprint density at radius 2 is 1.76 bits per heavy atom. The Hall–Kier alpha value is -1.54. The summed E-state index contributed by atoms with van der Waals surface area (Å²) < 4.78 is 27.5. The lowest BCUT2D eigenvalue weighted by Gasteiger charge is -2.26. The Morgan fingerprint density at radius 1 is 1.10 bits per heavy atom. The van der Waals surface area contributed by atoms with Gasteiger partial charge in [0.15, 0.2) is 0 Å². The summed E-state index contributed by atoms with van der Waals surface area (Å²) in [5, 5.41) is 0.141. The highest BCUT2D eigenvalue weighted by atomic mass is 35.5. The average Bonchev–Trinajstić information content (AvgIpc) is 2.74. The number of sulfonamides is 1. The van der Waals surface area contributed by atoms with E-state index in [9.17, 15) is 13.2 Å². The predicted molar refractivity (Wildman–Crippen MR) is 118 cm³/mol. The lowest BCUT2D eigenvalue weighted by atomic mass is 10.1. The molecule has 0 unspecified atom stereocenters. The van der Waals surface area contributed by atoms with E-state index >= 15 is 0 Å². The number of nitrogens with zero attached hydrogens (tertiary/aromatic N) is 2. The third-order valence-corrected chi connectivity index (χ3v) is 8.16. The normalized spacial score (nSPS) is 15.3. The van der Waals surface area contributed by atoms with Crippen LogP contribution in [0.5, 0.6) is 0 Å². The van der Waals surface area contributed by atoms with Gasteiger partial charge in [0.25, 0.3) is 5.91 Å². The van der Waals surface area contributed by atoms with Gasteiger partial charge < -0.3 is 4.90 Å². The fraction of sp³-hybridized carbons (Fsp3) is 0.381. The number of benzene rings is 2. The molecule has 3 rings (SSSR count). The highest BCUT2D eigenvalue weighted by molar-refractivity contribution is 7.98. The number of carbonyl (C=O) groups excluding carboxylic acids is 1. The Morgan fingerprint density at radius 3 is 2.38 bits per heavy atom. The van der Waals surface area contributed by atoms with Gasteiger partial charge in [-0.25, -0.2) is 8.42 Å². The Labute approximate surface area is 182 Å². The quantitative estimate of drug-likeness (QED) is 0.605. The van der Waals surface area contributed by atoms with Crippen molar-refractivity contribution < 1.29 is 13.2 Å². The van der Waals surface area contributed by atoms with Crippen LogP contribution < -0.4 is 0 Å². The van der Waals surface area contributed by atoms with E-state index in [0.29, 0.717) is 25.2 Å². The summed E-state index contributed by atoms with van der Waals surface area (Å²) in [7, 11) is -2.01. The van der Waals surface area contributed by atoms with Gasteiger partial charge in [-0.2, -0.15) is 4.31 Å². The highest BCUT2D eigenvalue weighted by Crippen LogP contribution is 2.28. The minimum Gasteiger partial charge on any atom is -0.337 e. The van der Waals surface area contributed by atoms with E-state index in [2.05, 4.69) is 0 Å². The molecule has 0 atom stereocenters. The van der Waals surface area contributed by atoms with Crippen molar-refractivity contribution in [3.8, 4) is 0 Å². The smallest absolute Gasteiger partial charge is 0.253 e. The van der Waals surface area contributed by atoms with Crippen LogP contribution in [0, 0.1) is 0 Å². The molecule has 0 radical (unpaired) electrons. The first-order valence-corrected chi connectivity index (χ1v) is 12.6. The number of piperidine rings is 1. The predicted octanol–water partition coefficient (Wildman–Crippen LogP) is 4.51. The summed E-state index contributed by atoms with van der Waals surface area (Å²) in [4.78, 5) is 15.7. The molecule has 1 amide bonds.